The smallest absolute Gasteiger partial charge is 0.302 e. The molecule has 0 aliphatic heterocycles. The van der Waals surface area contributed by atoms with Crippen LogP contribution in [-0.4, -0.2) is 46.0 Å². The molecule has 0 spiro atoms. The molecule has 0 heterocycles. The van der Waals surface area contributed by atoms with Crippen molar-refractivity contribution in [2.24, 2.45) is 0 Å². The topological polar surface area (TPSA) is 17.1 Å². The van der Waals surface area contributed by atoms with Crippen LogP contribution in [0.25, 0.3) is 0 Å². The fourth-order valence-corrected chi connectivity index (χ4v) is 1.78. The van der Waals surface area contributed by atoms with Gasteiger partial charge in [-0.1, -0.05) is 22.6 Å². The van der Waals surface area contributed by atoms with E-state index in [4.69, 9.17) is 0 Å². The minimum Gasteiger partial charge on any atom is -0.302 e. The first-order chi connectivity index (χ1) is 10.2. The summed E-state index contributed by atoms with van der Waals surface area (Å²) >= 11 is 0.707. The summed E-state index contributed by atoms with van der Waals surface area (Å²) in [6.07, 6.45) is -10.4. The van der Waals surface area contributed by atoms with Gasteiger partial charge >= 0.3 is 35.8 Å². The Labute approximate surface area is 137 Å². The Kier molecular flexibility index (Phi) is 6.20. The molecule has 0 aromatic heterocycles. The first-order valence-electron chi connectivity index (χ1n) is 5.26. The fourth-order valence-electron chi connectivity index (χ4n) is 1.22. The normalized spacial score (nSPS) is 16.9. The third kappa shape index (κ3) is 3.40. The Bertz CT molecular complexity index is 469. The predicted molar refractivity (Wildman–Crippen MR) is 59.3 cm³/mol. The number of alkyl halides is 14. The van der Waals surface area contributed by atoms with Gasteiger partial charge in [-0.3, -0.25) is 0 Å². The van der Waals surface area contributed by atoms with Gasteiger partial charge in [0.05, 0.1) is 3.92 Å². The van der Waals surface area contributed by atoms with Crippen LogP contribution in [0.1, 0.15) is 6.42 Å². The number of hydrogen-bond acceptors (Lipinski definition) is 1. The monoisotopic (exact) mass is 502 g/mol. The maximum atomic E-state index is 13.1. The van der Waals surface area contributed by atoms with Crippen LogP contribution in [0.5, 0.6) is 0 Å². The molecule has 15 heteroatoms. The van der Waals surface area contributed by atoms with Crippen LogP contribution >= 0.6 is 22.6 Å². The van der Waals surface area contributed by atoms with Crippen molar-refractivity contribution < 1.29 is 61.9 Å². The number of hydrogen-bond donors (Lipinski definition) is 0. The molecule has 0 aromatic carbocycles. The maximum absolute atomic E-state index is 13.1. The second-order valence-corrected chi connectivity index (χ2v) is 5.96. The zero-order chi connectivity index (χ0) is 20.0. The van der Waals surface area contributed by atoms with E-state index in [9.17, 15) is 61.9 Å². The largest absolute Gasteiger partial charge is 0.460 e. The highest BCUT2D eigenvalue weighted by Crippen LogP contribution is 2.60. The zero-order valence-electron chi connectivity index (χ0n) is 10.6. The van der Waals surface area contributed by atoms with Gasteiger partial charge in [0.25, 0.3) is 0 Å². The van der Waals surface area contributed by atoms with E-state index >= 15 is 0 Å². The summed E-state index contributed by atoms with van der Waals surface area (Å²) < 4.78 is 162. The van der Waals surface area contributed by atoms with Crippen LogP contribution in [0.2, 0.25) is 0 Å². The lowest BCUT2D eigenvalue weighted by Crippen LogP contribution is -2.70. The van der Waals surface area contributed by atoms with E-state index in [-0.39, 0.29) is 0 Å². The van der Waals surface area contributed by atoms with Gasteiger partial charge < -0.3 is 4.79 Å². The molecule has 1 unspecified atom stereocenters. The SMILES string of the molecule is O=CC(I)CC(F)(F)C(F)(F)C(F)(F)C(F)(F)C(F)(F)C(F)(F)F. The summed E-state index contributed by atoms with van der Waals surface area (Å²) in [4.78, 5) is 10.1. The van der Waals surface area contributed by atoms with Gasteiger partial charge in [-0.05, 0) is 0 Å². The molecule has 0 radical (unpaired) electrons. The maximum Gasteiger partial charge on any atom is 0.460 e. The molecule has 0 saturated heterocycles. The van der Waals surface area contributed by atoms with E-state index in [1.54, 1.807) is 0 Å². The molecule has 0 fully saturated rings. The second kappa shape index (κ2) is 6.34. The zero-order valence-corrected chi connectivity index (χ0v) is 12.7. The molecular formula is C9H4F13IO. The lowest BCUT2D eigenvalue weighted by atomic mass is 9.92. The van der Waals surface area contributed by atoms with Crippen molar-refractivity contribution in [2.45, 2.75) is 46.1 Å². The molecule has 1 atom stereocenters. The molecule has 0 amide bonds. The van der Waals surface area contributed by atoms with Gasteiger partial charge in [0.1, 0.15) is 6.29 Å². The molecule has 0 bridgehead atoms. The first-order valence-corrected chi connectivity index (χ1v) is 6.50. The van der Waals surface area contributed by atoms with Gasteiger partial charge in [0.2, 0.25) is 0 Å². The van der Waals surface area contributed by atoms with Crippen LogP contribution < -0.4 is 0 Å². The number of carbonyl (C=O) groups excluding carboxylic acids is 1. The van der Waals surface area contributed by atoms with E-state index in [0.29, 0.717) is 22.6 Å². The Balaban J connectivity index is 6.15. The van der Waals surface area contributed by atoms with E-state index in [0.717, 1.165) is 0 Å². The van der Waals surface area contributed by atoms with E-state index < -0.39 is 52.4 Å². The number of carbonyl (C=O) groups is 1. The third-order valence-corrected chi connectivity index (χ3v) is 3.33. The van der Waals surface area contributed by atoms with Gasteiger partial charge in [0, 0.05) is 6.42 Å². The van der Waals surface area contributed by atoms with E-state index in [2.05, 4.69) is 0 Å². The van der Waals surface area contributed by atoms with Crippen molar-refractivity contribution in [3.05, 3.63) is 0 Å². The van der Waals surface area contributed by atoms with Crippen molar-refractivity contribution in [1.29, 1.82) is 0 Å². The van der Waals surface area contributed by atoms with E-state index in [1.165, 1.54) is 0 Å². The lowest BCUT2D eigenvalue weighted by Gasteiger charge is -2.39. The molecule has 0 aliphatic carbocycles. The standard InChI is InChI=1S/C9H4F13IO/c10-4(11,1-3(23)2-24)5(12,13)6(14,15)7(16,17)8(18,19)9(20,21)22/h2-3H,1H2. The highest BCUT2D eigenvalue weighted by atomic mass is 127. The van der Waals surface area contributed by atoms with Crippen LogP contribution in [0.15, 0.2) is 0 Å². The molecule has 0 saturated carbocycles. The number of aldehydes is 1. The molecule has 0 rings (SSSR count). The highest BCUT2D eigenvalue weighted by molar-refractivity contribution is 14.1. The van der Waals surface area contributed by atoms with Crippen LogP contribution in [0, 0.1) is 0 Å². The quantitative estimate of drug-likeness (QED) is 0.205. The lowest BCUT2D eigenvalue weighted by molar-refractivity contribution is -0.440. The minimum atomic E-state index is -7.91. The van der Waals surface area contributed by atoms with Gasteiger partial charge in [-0.15, -0.1) is 0 Å². The Hall–Kier alpha value is -0.510. The summed E-state index contributed by atoms with van der Waals surface area (Å²) in [5.41, 5.74) is 0. The van der Waals surface area contributed by atoms with Crippen LogP contribution in [0.4, 0.5) is 57.1 Å². The summed E-state index contributed by atoms with van der Waals surface area (Å²) in [6.45, 7) is 0. The van der Waals surface area contributed by atoms with Crippen molar-refractivity contribution in [1.82, 2.24) is 0 Å². The van der Waals surface area contributed by atoms with E-state index in [1.807, 2.05) is 0 Å². The predicted octanol–water partition coefficient (Wildman–Crippen LogP) is 5.12. The fraction of sp³-hybridized carbons (Fsp3) is 0.889. The summed E-state index contributed by atoms with van der Waals surface area (Å²) in [5, 5.41) is 0. The second-order valence-electron chi connectivity index (χ2n) is 4.36. The third-order valence-electron chi connectivity index (χ3n) is 2.60. The number of rotatable bonds is 7. The Morgan fingerprint density at radius 1 is 0.667 bits per heavy atom. The molecule has 0 aliphatic rings. The Morgan fingerprint density at radius 2 is 1.00 bits per heavy atom. The summed E-state index contributed by atoms with van der Waals surface area (Å²) in [5.74, 6) is -37.0. The van der Waals surface area contributed by atoms with Crippen molar-refractivity contribution >= 4 is 28.9 Å². The summed E-state index contributed by atoms with van der Waals surface area (Å²) in [6, 6.07) is 0. The molecular weight excluding hydrogens is 498 g/mol. The molecule has 1 nitrogen and oxygen atoms in total. The molecule has 0 aromatic rings. The molecule has 144 valence electrons. The average Bonchev–Trinajstić information content (AvgIpc) is 2.35. The number of halogens is 14. The average molecular weight is 502 g/mol. The van der Waals surface area contributed by atoms with Crippen LogP contribution in [0.3, 0.4) is 0 Å². The van der Waals surface area contributed by atoms with Crippen molar-refractivity contribution in [3.63, 3.8) is 0 Å². The highest BCUT2D eigenvalue weighted by Gasteiger charge is 2.90. The van der Waals surface area contributed by atoms with Gasteiger partial charge in [0.15, 0.2) is 0 Å². The Morgan fingerprint density at radius 3 is 1.29 bits per heavy atom. The first kappa shape index (κ1) is 23.5. The minimum absolute atomic E-state index is 0.481. The molecule has 0 N–H and O–H groups in total. The van der Waals surface area contributed by atoms with Crippen molar-refractivity contribution in [2.75, 3.05) is 0 Å². The summed E-state index contributed by atoms with van der Waals surface area (Å²) in [7, 11) is 0. The van der Waals surface area contributed by atoms with Gasteiger partial charge in [-0.2, -0.15) is 57.1 Å². The van der Waals surface area contributed by atoms with Crippen LogP contribution in [-0.2, 0) is 4.79 Å². The van der Waals surface area contributed by atoms with Crippen molar-refractivity contribution in [3.8, 4) is 0 Å². The molecule has 24 heavy (non-hydrogen) atoms. The van der Waals surface area contributed by atoms with Gasteiger partial charge in [-0.25, -0.2) is 0 Å².